The van der Waals surface area contributed by atoms with Crippen LogP contribution in [0.2, 0.25) is 0 Å². The third-order valence-corrected chi connectivity index (χ3v) is 4.36. The first-order valence-electron chi connectivity index (χ1n) is 6.72. The van der Waals surface area contributed by atoms with Gasteiger partial charge in [0.2, 0.25) is 0 Å². The number of hydrogen-bond acceptors (Lipinski definition) is 2. The molecule has 0 aromatic rings. The maximum absolute atomic E-state index is 3.51. The van der Waals surface area contributed by atoms with Crippen LogP contribution in [0.25, 0.3) is 0 Å². The lowest BCUT2D eigenvalue weighted by atomic mass is 9.85. The van der Waals surface area contributed by atoms with E-state index in [2.05, 4.69) is 24.1 Å². The van der Waals surface area contributed by atoms with E-state index >= 15 is 0 Å². The van der Waals surface area contributed by atoms with Crippen LogP contribution in [0.1, 0.15) is 33.1 Å². The molecule has 0 radical (unpaired) electrons. The van der Waals surface area contributed by atoms with Gasteiger partial charge in [-0.15, -0.1) is 0 Å². The molecule has 1 aliphatic carbocycles. The van der Waals surface area contributed by atoms with Gasteiger partial charge in [0.25, 0.3) is 0 Å². The highest BCUT2D eigenvalue weighted by Gasteiger charge is 2.26. The van der Waals surface area contributed by atoms with E-state index in [-0.39, 0.29) is 0 Å². The zero-order valence-electron chi connectivity index (χ0n) is 10.3. The van der Waals surface area contributed by atoms with Crippen molar-refractivity contribution in [3.05, 3.63) is 0 Å². The van der Waals surface area contributed by atoms with Gasteiger partial charge in [-0.05, 0) is 50.2 Å². The van der Waals surface area contributed by atoms with E-state index in [4.69, 9.17) is 0 Å². The van der Waals surface area contributed by atoms with Crippen LogP contribution in [0.3, 0.4) is 0 Å². The molecule has 1 aliphatic heterocycles. The Morgan fingerprint density at radius 1 is 1.20 bits per heavy atom. The molecule has 0 aromatic carbocycles. The smallest absolute Gasteiger partial charge is 0.00248 e. The van der Waals surface area contributed by atoms with Crippen molar-refractivity contribution in [1.82, 2.24) is 10.2 Å². The summed E-state index contributed by atoms with van der Waals surface area (Å²) in [6, 6.07) is 0. The van der Waals surface area contributed by atoms with E-state index in [9.17, 15) is 0 Å². The molecule has 1 saturated heterocycles. The second-order valence-electron chi connectivity index (χ2n) is 5.54. The molecule has 2 rings (SSSR count). The van der Waals surface area contributed by atoms with Gasteiger partial charge in [0.05, 0.1) is 0 Å². The zero-order chi connectivity index (χ0) is 10.7. The normalized spacial score (nSPS) is 32.2. The maximum atomic E-state index is 3.51. The Hall–Kier alpha value is -0.0800. The van der Waals surface area contributed by atoms with Crippen LogP contribution < -0.4 is 5.32 Å². The summed E-state index contributed by atoms with van der Waals surface area (Å²) in [5, 5.41) is 3.51. The van der Waals surface area contributed by atoms with E-state index in [1.54, 1.807) is 0 Å². The van der Waals surface area contributed by atoms with E-state index in [1.165, 1.54) is 52.0 Å². The summed E-state index contributed by atoms with van der Waals surface area (Å²) in [4.78, 5) is 2.68. The Kier molecular flexibility index (Phi) is 4.04. The van der Waals surface area contributed by atoms with Crippen LogP contribution in [0.15, 0.2) is 0 Å². The van der Waals surface area contributed by atoms with Crippen LogP contribution in [-0.4, -0.2) is 37.6 Å². The van der Waals surface area contributed by atoms with Crippen LogP contribution in [0, 0.1) is 17.8 Å². The van der Waals surface area contributed by atoms with Gasteiger partial charge >= 0.3 is 0 Å². The quantitative estimate of drug-likeness (QED) is 0.746. The summed E-state index contributed by atoms with van der Waals surface area (Å²) in [5.41, 5.74) is 0. The minimum atomic E-state index is 0.875. The molecule has 2 aliphatic rings. The van der Waals surface area contributed by atoms with Crippen molar-refractivity contribution >= 4 is 0 Å². The summed E-state index contributed by atoms with van der Waals surface area (Å²) < 4.78 is 0. The van der Waals surface area contributed by atoms with Crippen LogP contribution in [0.5, 0.6) is 0 Å². The largest absolute Gasteiger partial charge is 0.316 e. The molecular formula is C13H26N2. The first kappa shape index (κ1) is 11.4. The fourth-order valence-corrected chi connectivity index (χ4v) is 2.81. The lowest BCUT2D eigenvalue weighted by Crippen LogP contribution is -2.37. The Bertz CT molecular complexity index is 189. The van der Waals surface area contributed by atoms with Gasteiger partial charge in [0, 0.05) is 13.1 Å². The van der Waals surface area contributed by atoms with Crippen molar-refractivity contribution < 1.29 is 0 Å². The predicted molar refractivity (Wildman–Crippen MR) is 65.0 cm³/mol. The van der Waals surface area contributed by atoms with Crippen molar-refractivity contribution in [1.29, 1.82) is 0 Å². The summed E-state index contributed by atoms with van der Waals surface area (Å²) in [6.45, 7) is 11.1. The van der Waals surface area contributed by atoms with Crippen LogP contribution >= 0.6 is 0 Å². The van der Waals surface area contributed by atoms with Crippen molar-refractivity contribution in [3.8, 4) is 0 Å². The standard InChI is InChI=1S/C13H26N2/c1-3-15(9-12-5-4-6-12)10-13-8-14-7-11(13)2/h11-14H,3-10H2,1-2H3. The topological polar surface area (TPSA) is 15.3 Å². The molecule has 2 heteroatoms. The highest BCUT2D eigenvalue weighted by Crippen LogP contribution is 2.27. The van der Waals surface area contributed by atoms with Gasteiger partial charge in [-0.25, -0.2) is 0 Å². The molecular weight excluding hydrogens is 184 g/mol. The van der Waals surface area contributed by atoms with Gasteiger partial charge in [-0.3, -0.25) is 0 Å². The monoisotopic (exact) mass is 210 g/mol. The van der Waals surface area contributed by atoms with E-state index < -0.39 is 0 Å². The summed E-state index contributed by atoms with van der Waals surface area (Å²) in [5.74, 6) is 2.79. The Morgan fingerprint density at radius 3 is 2.47 bits per heavy atom. The molecule has 1 saturated carbocycles. The van der Waals surface area contributed by atoms with E-state index in [0.29, 0.717) is 0 Å². The fraction of sp³-hybridized carbons (Fsp3) is 1.00. The van der Waals surface area contributed by atoms with Gasteiger partial charge in [0.15, 0.2) is 0 Å². The highest BCUT2D eigenvalue weighted by atomic mass is 15.1. The first-order chi connectivity index (χ1) is 7.29. The van der Waals surface area contributed by atoms with Crippen molar-refractivity contribution in [2.75, 3.05) is 32.7 Å². The molecule has 0 amide bonds. The van der Waals surface area contributed by atoms with Crippen molar-refractivity contribution in [3.63, 3.8) is 0 Å². The summed E-state index contributed by atoms with van der Waals surface area (Å²) in [7, 11) is 0. The van der Waals surface area contributed by atoms with E-state index in [1.807, 2.05) is 0 Å². The van der Waals surface area contributed by atoms with Gasteiger partial charge in [0.1, 0.15) is 0 Å². The van der Waals surface area contributed by atoms with Crippen LogP contribution in [0.4, 0.5) is 0 Å². The lowest BCUT2D eigenvalue weighted by molar-refractivity contribution is 0.158. The molecule has 2 fully saturated rings. The highest BCUT2D eigenvalue weighted by molar-refractivity contribution is 4.82. The molecule has 15 heavy (non-hydrogen) atoms. The molecule has 1 heterocycles. The third kappa shape index (κ3) is 2.94. The Labute approximate surface area is 94.4 Å². The minimum absolute atomic E-state index is 0.875. The summed E-state index contributed by atoms with van der Waals surface area (Å²) in [6.07, 6.45) is 4.44. The molecule has 0 bridgehead atoms. The SMILES string of the molecule is CCN(CC1CCC1)CC1CNCC1C. The average Bonchev–Trinajstić information content (AvgIpc) is 2.56. The maximum Gasteiger partial charge on any atom is 0.00248 e. The zero-order valence-corrected chi connectivity index (χ0v) is 10.3. The second-order valence-corrected chi connectivity index (χ2v) is 5.54. The second kappa shape index (κ2) is 5.31. The third-order valence-electron chi connectivity index (χ3n) is 4.36. The van der Waals surface area contributed by atoms with E-state index in [0.717, 1.165) is 17.8 Å². The number of nitrogens with zero attached hydrogens (tertiary/aromatic N) is 1. The fourth-order valence-electron chi connectivity index (χ4n) is 2.81. The molecule has 0 aromatic heterocycles. The Morgan fingerprint density at radius 2 is 2.00 bits per heavy atom. The predicted octanol–water partition coefficient (Wildman–Crippen LogP) is 1.96. The number of nitrogens with one attached hydrogen (secondary N) is 1. The van der Waals surface area contributed by atoms with Crippen molar-refractivity contribution in [2.45, 2.75) is 33.1 Å². The molecule has 2 atom stereocenters. The average molecular weight is 210 g/mol. The number of rotatable bonds is 5. The molecule has 88 valence electrons. The summed E-state index contributed by atoms with van der Waals surface area (Å²) >= 11 is 0. The first-order valence-corrected chi connectivity index (χ1v) is 6.72. The molecule has 0 spiro atoms. The van der Waals surface area contributed by atoms with Gasteiger partial charge in [-0.2, -0.15) is 0 Å². The Balaban J connectivity index is 1.73. The molecule has 1 N–H and O–H groups in total. The molecule has 2 nitrogen and oxygen atoms in total. The lowest BCUT2D eigenvalue weighted by Gasteiger charge is -2.33. The van der Waals surface area contributed by atoms with Crippen molar-refractivity contribution in [2.24, 2.45) is 17.8 Å². The minimum Gasteiger partial charge on any atom is -0.316 e. The van der Waals surface area contributed by atoms with Gasteiger partial charge in [-0.1, -0.05) is 20.3 Å². The van der Waals surface area contributed by atoms with Gasteiger partial charge < -0.3 is 10.2 Å². The number of hydrogen-bond donors (Lipinski definition) is 1. The molecule has 2 unspecified atom stereocenters. The van der Waals surface area contributed by atoms with Crippen LogP contribution in [-0.2, 0) is 0 Å².